The molecule has 6 heteroatoms. The van der Waals surface area contributed by atoms with Gasteiger partial charge >= 0.3 is 5.97 Å². The Labute approximate surface area is 144 Å². The van der Waals surface area contributed by atoms with Gasteiger partial charge in [0.05, 0.1) is 16.8 Å². The van der Waals surface area contributed by atoms with Crippen molar-refractivity contribution >= 4 is 11.7 Å². The number of hydrogen-bond acceptors (Lipinski definition) is 5. The van der Waals surface area contributed by atoms with E-state index in [1.54, 1.807) is 12.1 Å². The smallest absolute Gasteiger partial charge is 0.335 e. The Kier molecular flexibility index (Phi) is 3.78. The van der Waals surface area contributed by atoms with Gasteiger partial charge in [-0.2, -0.15) is 0 Å². The van der Waals surface area contributed by atoms with Crippen LogP contribution >= 0.6 is 0 Å². The Hall–Kier alpha value is -3.41. The minimum absolute atomic E-state index is 0.180. The van der Waals surface area contributed by atoms with E-state index in [1.165, 1.54) is 12.1 Å². The normalized spacial score (nSPS) is 13.4. The molecule has 0 saturated carbocycles. The first kappa shape index (κ1) is 15.1. The van der Waals surface area contributed by atoms with Crippen molar-refractivity contribution in [1.29, 1.82) is 0 Å². The number of nitrogens with zero attached hydrogens (tertiary/aromatic N) is 3. The fourth-order valence-corrected chi connectivity index (χ4v) is 2.83. The van der Waals surface area contributed by atoms with E-state index in [9.17, 15) is 4.79 Å². The third-order valence-corrected chi connectivity index (χ3v) is 4.05. The van der Waals surface area contributed by atoms with E-state index in [2.05, 4.69) is 21.2 Å². The second kappa shape index (κ2) is 6.24. The lowest BCUT2D eigenvalue weighted by Crippen LogP contribution is -2.13. The van der Waals surface area contributed by atoms with Crippen molar-refractivity contribution in [3.05, 3.63) is 66.4 Å². The summed E-state index contributed by atoms with van der Waals surface area (Å²) in [4.78, 5) is 13.3. The average molecular weight is 333 g/mol. The van der Waals surface area contributed by atoms with Crippen LogP contribution in [0.2, 0.25) is 0 Å². The van der Waals surface area contributed by atoms with Crippen LogP contribution in [-0.4, -0.2) is 27.8 Å². The monoisotopic (exact) mass is 333 g/mol. The second-order valence-electron chi connectivity index (χ2n) is 5.68. The predicted molar refractivity (Wildman–Crippen MR) is 93.2 cm³/mol. The zero-order valence-corrected chi connectivity index (χ0v) is 13.3. The summed E-state index contributed by atoms with van der Waals surface area (Å²) >= 11 is 0. The fraction of sp³-hybridized carbons (Fsp3) is 0.105. The molecule has 0 atom stereocenters. The Morgan fingerprint density at radius 3 is 2.72 bits per heavy atom. The minimum atomic E-state index is -0.993. The predicted octanol–water partition coefficient (Wildman–Crippen LogP) is 3.83. The molecule has 0 saturated heterocycles. The number of hydrogen-bond donors (Lipinski definition) is 1. The molecule has 0 fully saturated rings. The molecule has 0 amide bonds. The lowest BCUT2D eigenvalue weighted by Gasteiger charge is -2.17. The highest BCUT2D eigenvalue weighted by atomic mass is 16.4. The quantitative estimate of drug-likeness (QED) is 0.782. The first-order chi connectivity index (χ1) is 12.2. The molecular weight excluding hydrogens is 318 g/mol. The summed E-state index contributed by atoms with van der Waals surface area (Å²) in [5.41, 5.74) is 2.62. The number of anilines is 1. The summed E-state index contributed by atoms with van der Waals surface area (Å²) in [6.45, 7) is 0.915. The van der Waals surface area contributed by atoms with Crippen LogP contribution in [0, 0.1) is 0 Å². The van der Waals surface area contributed by atoms with Crippen LogP contribution in [0.4, 0.5) is 5.69 Å². The Bertz CT molecular complexity index is 962. The summed E-state index contributed by atoms with van der Waals surface area (Å²) in [5, 5.41) is 17.4. The zero-order chi connectivity index (χ0) is 17.2. The standard InChI is InChI=1S/C19H15N3O3/c23-19(24)14-7-5-6-13(12-14)17-20-21-18(25-17)15-8-1-2-9-16(15)22-10-3-4-11-22/h1-3,5-10,12H,4,11H2,(H,23,24). The number of carbonyl (C=O) groups is 1. The third-order valence-electron chi connectivity index (χ3n) is 4.05. The molecule has 1 N–H and O–H groups in total. The van der Waals surface area contributed by atoms with Gasteiger partial charge < -0.3 is 14.4 Å². The van der Waals surface area contributed by atoms with E-state index in [0.717, 1.165) is 24.2 Å². The summed E-state index contributed by atoms with van der Waals surface area (Å²) in [5.74, 6) is -0.288. The first-order valence-corrected chi connectivity index (χ1v) is 7.92. The maximum atomic E-state index is 11.1. The largest absolute Gasteiger partial charge is 0.478 e. The molecule has 1 aliphatic heterocycles. The molecule has 0 radical (unpaired) electrons. The molecule has 25 heavy (non-hydrogen) atoms. The molecule has 0 bridgehead atoms. The van der Waals surface area contributed by atoms with Gasteiger partial charge in [-0.25, -0.2) is 4.79 Å². The van der Waals surface area contributed by atoms with Gasteiger partial charge in [-0.15, -0.1) is 10.2 Å². The van der Waals surface area contributed by atoms with E-state index >= 15 is 0 Å². The van der Waals surface area contributed by atoms with E-state index < -0.39 is 5.97 Å². The SMILES string of the molecule is O=C(O)c1cccc(-c2nnc(-c3ccccc3N3C=CCC3)o2)c1. The van der Waals surface area contributed by atoms with Crippen molar-refractivity contribution in [3.8, 4) is 22.9 Å². The van der Waals surface area contributed by atoms with Gasteiger partial charge in [0.25, 0.3) is 0 Å². The number of para-hydroxylation sites is 1. The number of benzene rings is 2. The van der Waals surface area contributed by atoms with Gasteiger partial charge in [0, 0.05) is 18.3 Å². The number of rotatable bonds is 4. The molecule has 2 aromatic carbocycles. The van der Waals surface area contributed by atoms with Crippen LogP contribution in [0.25, 0.3) is 22.9 Å². The average Bonchev–Trinajstić information content (AvgIpc) is 3.34. The van der Waals surface area contributed by atoms with Gasteiger partial charge in [-0.3, -0.25) is 0 Å². The second-order valence-corrected chi connectivity index (χ2v) is 5.68. The Balaban J connectivity index is 1.72. The van der Waals surface area contributed by atoms with Crippen molar-refractivity contribution in [3.63, 3.8) is 0 Å². The summed E-state index contributed by atoms with van der Waals surface area (Å²) in [6.07, 6.45) is 5.17. The van der Waals surface area contributed by atoms with Crippen LogP contribution in [0.5, 0.6) is 0 Å². The van der Waals surface area contributed by atoms with Crippen LogP contribution in [0.15, 0.2) is 65.2 Å². The zero-order valence-electron chi connectivity index (χ0n) is 13.3. The molecule has 6 nitrogen and oxygen atoms in total. The Morgan fingerprint density at radius 1 is 1.08 bits per heavy atom. The van der Waals surface area contributed by atoms with E-state index in [1.807, 2.05) is 30.5 Å². The number of carboxylic acid groups (broad SMARTS) is 1. The highest BCUT2D eigenvalue weighted by Crippen LogP contribution is 2.33. The van der Waals surface area contributed by atoms with Gasteiger partial charge in [0.2, 0.25) is 11.8 Å². The molecule has 1 aromatic heterocycles. The van der Waals surface area contributed by atoms with Crippen molar-refractivity contribution in [2.24, 2.45) is 0 Å². The molecule has 4 rings (SSSR count). The van der Waals surface area contributed by atoms with Gasteiger partial charge in [-0.05, 0) is 36.8 Å². The van der Waals surface area contributed by atoms with Gasteiger partial charge in [0.15, 0.2) is 0 Å². The highest BCUT2D eigenvalue weighted by Gasteiger charge is 2.18. The maximum Gasteiger partial charge on any atom is 0.335 e. The van der Waals surface area contributed by atoms with Gasteiger partial charge in [0.1, 0.15) is 0 Å². The van der Waals surface area contributed by atoms with E-state index in [-0.39, 0.29) is 5.56 Å². The lowest BCUT2D eigenvalue weighted by atomic mass is 10.1. The minimum Gasteiger partial charge on any atom is -0.478 e. The van der Waals surface area contributed by atoms with Crippen LogP contribution in [0.1, 0.15) is 16.8 Å². The summed E-state index contributed by atoms with van der Waals surface area (Å²) in [7, 11) is 0. The first-order valence-electron chi connectivity index (χ1n) is 7.92. The summed E-state index contributed by atoms with van der Waals surface area (Å²) in [6, 6.07) is 14.3. The molecular formula is C19H15N3O3. The molecule has 2 heterocycles. The van der Waals surface area contributed by atoms with Crippen LogP contribution < -0.4 is 4.90 Å². The van der Waals surface area contributed by atoms with Crippen LogP contribution in [-0.2, 0) is 0 Å². The van der Waals surface area contributed by atoms with Crippen molar-refractivity contribution in [2.75, 3.05) is 11.4 Å². The molecule has 0 unspecified atom stereocenters. The van der Waals surface area contributed by atoms with E-state index in [4.69, 9.17) is 9.52 Å². The van der Waals surface area contributed by atoms with Crippen molar-refractivity contribution in [1.82, 2.24) is 10.2 Å². The third kappa shape index (κ3) is 2.89. The molecule has 3 aromatic rings. The maximum absolute atomic E-state index is 11.1. The Morgan fingerprint density at radius 2 is 1.92 bits per heavy atom. The molecule has 124 valence electrons. The number of carboxylic acids is 1. The fourth-order valence-electron chi connectivity index (χ4n) is 2.83. The molecule has 0 spiro atoms. The molecule has 1 aliphatic rings. The van der Waals surface area contributed by atoms with Gasteiger partial charge in [-0.1, -0.05) is 24.3 Å². The lowest BCUT2D eigenvalue weighted by molar-refractivity contribution is 0.0697. The van der Waals surface area contributed by atoms with Crippen LogP contribution in [0.3, 0.4) is 0 Å². The van der Waals surface area contributed by atoms with Crippen molar-refractivity contribution in [2.45, 2.75) is 6.42 Å². The number of aromatic nitrogens is 2. The van der Waals surface area contributed by atoms with Crippen molar-refractivity contribution < 1.29 is 14.3 Å². The summed E-state index contributed by atoms with van der Waals surface area (Å²) < 4.78 is 5.82. The molecule has 0 aliphatic carbocycles. The van der Waals surface area contributed by atoms with E-state index in [0.29, 0.717) is 17.3 Å². The topological polar surface area (TPSA) is 79.5 Å². The highest BCUT2D eigenvalue weighted by molar-refractivity contribution is 5.89. The number of aromatic carboxylic acids is 1.